The molecule has 0 amide bonds. The first-order valence-electron chi connectivity index (χ1n) is 7.33. The average Bonchev–Trinajstić information content (AvgIpc) is 2.92. The highest BCUT2D eigenvalue weighted by molar-refractivity contribution is 5.69. The molecule has 0 aliphatic heterocycles. The number of aryl methyl sites for hydroxylation is 1. The third-order valence-corrected chi connectivity index (χ3v) is 3.43. The Balaban J connectivity index is 1.85. The molecule has 4 nitrogen and oxygen atoms in total. The monoisotopic (exact) mass is 299 g/mol. The zero-order valence-corrected chi connectivity index (χ0v) is 12.9. The van der Waals surface area contributed by atoms with Gasteiger partial charge in [-0.2, -0.15) is 0 Å². The minimum atomic E-state index is -0.788. The summed E-state index contributed by atoms with van der Waals surface area (Å²) in [7, 11) is 0. The van der Waals surface area contributed by atoms with Gasteiger partial charge in [0.15, 0.2) is 0 Å². The summed E-state index contributed by atoms with van der Waals surface area (Å²) in [4.78, 5) is 13.9. The minimum absolute atomic E-state index is 0.383. The number of ether oxygens (including phenoxy) is 1. The fourth-order valence-electron chi connectivity index (χ4n) is 1.96. The normalized spacial score (nSPS) is 12.5. The summed E-state index contributed by atoms with van der Waals surface area (Å²) in [6.45, 7) is 4.14. The maximum absolute atomic E-state index is 10.7. The summed E-state index contributed by atoms with van der Waals surface area (Å²) in [6.07, 6.45) is 6.52. The van der Waals surface area contributed by atoms with Crippen LogP contribution in [-0.2, 0) is 4.79 Å². The van der Waals surface area contributed by atoms with Crippen molar-refractivity contribution in [2.24, 2.45) is 5.92 Å². The standard InChI is InChI=1S/C18H21NO3/c1-13-11-16(19-12-13)6-3-15-4-7-17(8-5-15)22-10-9-14(2)18(20)21/h3-8,11-12,14,19H,9-10H2,1-2H3,(H,20,21)/b6-3+. The number of rotatable bonds is 7. The largest absolute Gasteiger partial charge is 0.494 e. The topological polar surface area (TPSA) is 62.3 Å². The van der Waals surface area contributed by atoms with Gasteiger partial charge >= 0.3 is 5.97 Å². The lowest BCUT2D eigenvalue weighted by Crippen LogP contribution is -2.13. The molecule has 0 radical (unpaired) electrons. The van der Waals surface area contributed by atoms with E-state index < -0.39 is 5.97 Å². The highest BCUT2D eigenvalue weighted by Gasteiger charge is 2.10. The highest BCUT2D eigenvalue weighted by atomic mass is 16.5. The van der Waals surface area contributed by atoms with Crippen LogP contribution in [0.15, 0.2) is 36.5 Å². The van der Waals surface area contributed by atoms with Crippen molar-refractivity contribution in [3.8, 4) is 5.75 Å². The van der Waals surface area contributed by atoms with Gasteiger partial charge in [-0.15, -0.1) is 0 Å². The lowest BCUT2D eigenvalue weighted by molar-refractivity contribution is -0.141. The number of aromatic amines is 1. The highest BCUT2D eigenvalue weighted by Crippen LogP contribution is 2.15. The maximum atomic E-state index is 10.7. The van der Waals surface area contributed by atoms with Crippen molar-refractivity contribution in [2.45, 2.75) is 20.3 Å². The van der Waals surface area contributed by atoms with Gasteiger partial charge in [0.05, 0.1) is 12.5 Å². The summed E-state index contributed by atoms with van der Waals surface area (Å²) in [5.41, 5.74) is 3.36. The van der Waals surface area contributed by atoms with Crippen LogP contribution >= 0.6 is 0 Å². The smallest absolute Gasteiger partial charge is 0.306 e. The molecule has 116 valence electrons. The van der Waals surface area contributed by atoms with E-state index in [1.54, 1.807) is 6.92 Å². The number of carbonyl (C=O) groups is 1. The zero-order chi connectivity index (χ0) is 15.9. The summed E-state index contributed by atoms with van der Waals surface area (Å²) in [6, 6.07) is 9.82. The zero-order valence-electron chi connectivity index (χ0n) is 12.9. The third-order valence-electron chi connectivity index (χ3n) is 3.43. The minimum Gasteiger partial charge on any atom is -0.494 e. The Morgan fingerprint density at radius 2 is 2.05 bits per heavy atom. The molecule has 1 aromatic carbocycles. The first-order valence-corrected chi connectivity index (χ1v) is 7.33. The lowest BCUT2D eigenvalue weighted by atomic mass is 10.1. The first kappa shape index (κ1) is 15.9. The van der Waals surface area contributed by atoms with E-state index in [0.29, 0.717) is 13.0 Å². The van der Waals surface area contributed by atoms with Crippen molar-refractivity contribution in [2.75, 3.05) is 6.61 Å². The Labute approximate surface area is 130 Å². The Kier molecular flexibility index (Phi) is 5.42. The van der Waals surface area contributed by atoms with E-state index in [2.05, 4.69) is 11.1 Å². The van der Waals surface area contributed by atoms with Crippen LogP contribution in [-0.4, -0.2) is 22.7 Å². The predicted molar refractivity (Wildman–Crippen MR) is 87.8 cm³/mol. The molecule has 0 aliphatic carbocycles. The molecule has 0 fully saturated rings. The molecule has 0 saturated carbocycles. The molecule has 1 unspecified atom stereocenters. The molecular formula is C18H21NO3. The number of hydrogen-bond acceptors (Lipinski definition) is 2. The second kappa shape index (κ2) is 7.50. The van der Waals surface area contributed by atoms with Crippen LogP contribution in [0.3, 0.4) is 0 Å². The molecule has 2 aromatic rings. The molecule has 1 heterocycles. The molecule has 2 rings (SSSR count). The molecule has 1 atom stereocenters. The Bertz CT molecular complexity index is 641. The second-order valence-electron chi connectivity index (χ2n) is 5.41. The second-order valence-corrected chi connectivity index (χ2v) is 5.41. The maximum Gasteiger partial charge on any atom is 0.306 e. The van der Waals surface area contributed by atoms with E-state index in [-0.39, 0.29) is 5.92 Å². The van der Waals surface area contributed by atoms with Gasteiger partial charge in [-0.1, -0.05) is 25.1 Å². The van der Waals surface area contributed by atoms with Gasteiger partial charge in [0.2, 0.25) is 0 Å². The van der Waals surface area contributed by atoms with Crippen molar-refractivity contribution in [3.63, 3.8) is 0 Å². The summed E-state index contributed by atoms with van der Waals surface area (Å²) in [5.74, 6) is -0.416. The van der Waals surface area contributed by atoms with E-state index >= 15 is 0 Å². The summed E-state index contributed by atoms with van der Waals surface area (Å²) in [5, 5.41) is 8.80. The predicted octanol–water partition coefficient (Wildman–Crippen LogP) is 3.98. The number of aliphatic carboxylic acids is 1. The number of aromatic nitrogens is 1. The van der Waals surface area contributed by atoms with E-state index in [1.165, 1.54) is 5.56 Å². The van der Waals surface area contributed by atoms with Crippen LogP contribution in [0.2, 0.25) is 0 Å². The molecule has 0 bridgehead atoms. The molecular weight excluding hydrogens is 278 g/mol. The molecule has 4 heteroatoms. The van der Waals surface area contributed by atoms with Crippen molar-refractivity contribution in [1.82, 2.24) is 4.98 Å². The van der Waals surface area contributed by atoms with Crippen LogP contribution in [0, 0.1) is 12.8 Å². The fraction of sp³-hybridized carbons (Fsp3) is 0.278. The third kappa shape index (κ3) is 4.81. The van der Waals surface area contributed by atoms with E-state index in [0.717, 1.165) is 17.0 Å². The first-order chi connectivity index (χ1) is 10.5. The molecule has 0 aliphatic rings. The number of carboxylic acid groups (broad SMARTS) is 1. The van der Waals surface area contributed by atoms with Gasteiger partial charge in [-0.3, -0.25) is 4.79 Å². The quantitative estimate of drug-likeness (QED) is 0.812. The van der Waals surface area contributed by atoms with E-state index in [4.69, 9.17) is 9.84 Å². The van der Waals surface area contributed by atoms with Gasteiger partial charge in [0.25, 0.3) is 0 Å². The average molecular weight is 299 g/mol. The van der Waals surface area contributed by atoms with Crippen LogP contribution in [0.4, 0.5) is 0 Å². The van der Waals surface area contributed by atoms with E-state index in [1.807, 2.05) is 49.5 Å². The van der Waals surface area contributed by atoms with Gasteiger partial charge in [0.1, 0.15) is 5.75 Å². The van der Waals surface area contributed by atoms with Crippen molar-refractivity contribution >= 4 is 18.1 Å². The molecule has 0 saturated heterocycles. The fourth-order valence-corrected chi connectivity index (χ4v) is 1.96. The number of carboxylic acids is 1. The van der Waals surface area contributed by atoms with Crippen molar-refractivity contribution in [3.05, 3.63) is 53.3 Å². The Hall–Kier alpha value is -2.49. The number of nitrogens with one attached hydrogen (secondary N) is 1. The summed E-state index contributed by atoms with van der Waals surface area (Å²) < 4.78 is 5.55. The number of hydrogen-bond donors (Lipinski definition) is 2. The number of H-pyrrole nitrogens is 1. The van der Waals surface area contributed by atoms with Gasteiger partial charge in [-0.25, -0.2) is 0 Å². The van der Waals surface area contributed by atoms with Crippen LogP contribution in [0.25, 0.3) is 12.2 Å². The van der Waals surface area contributed by atoms with Crippen LogP contribution in [0.5, 0.6) is 5.75 Å². The summed E-state index contributed by atoms with van der Waals surface area (Å²) >= 11 is 0. The van der Waals surface area contributed by atoms with Crippen LogP contribution in [0.1, 0.15) is 30.2 Å². The Morgan fingerprint density at radius 1 is 1.32 bits per heavy atom. The molecule has 0 spiro atoms. The van der Waals surface area contributed by atoms with Crippen molar-refractivity contribution < 1.29 is 14.6 Å². The molecule has 22 heavy (non-hydrogen) atoms. The molecule has 1 aromatic heterocycles. The Morgan fingerprint density at radius 3 is 2.64 bits per heavy atom. The van der Waals surface area contributed by atoms with E-state index in [9.17, 15) is 4.79 Å². The van der Waals surface area contributed by atoms with Gasteiger partial charge < -0.3 is 14.8 Å². The van der Waals surface area contributed by atoms with Gasteiger partial charge in [-0.05, 0) is 48.7 Å². The van der Waals surface area contributed by atoms with Crippen LogP contribution < -0.4 is 4.74 Å². The van der Waals surface area contributed by atoms with Gasteiger partial charge in [0, 0.05) is 11.9 Å². The van der Waals surface area contributed by atoms with Crippen molar-refractivity contribution in [1.29, 1.82) is 0 Å². The SMILES string of the molecule is Cc1c[nH]c(/C=C/c2ccc(OCCC(C)C(=O)O)cc2)c1. The lowest BCUT2D eigenvalue weighted by Gasteiger charge is -2.08. The molecule has 2 N–H and O–H groups in total. The number of benzene rings is 1.